The smallest absolute Gasteiger partial charge is 0.131 e. The van der Waals surface area contributed by atoms with Gasteiger partial charge in [-0.05, 0) is 44.4 Å². The Bertz CT molecular complexity index is 396. The largest absolute Gasteiger partial charge is 0.382 e. The van der Waals surface area contributed by atoms with E-state index in [0.29, 0.717) is 11.2 Å². The van der Waals surface area contributed by atoms with Crippen LogP contribution >= 0.6 is 11.6 Å². The second-order valence-corrected chi connectivity index (χ2v) is 5.45. The number of fused-ring (bicyclic) bond motifs is 1. The molecule has 3 heterocycles. The predicted octanol–water partition coefficient (Wildman–Crippen LogP) is 2.77. The van der Waals surface area contributed by atoms with Crippen LogP contribution in [-0.4, -0.2) is 35.1 Å². The summed E-state index contributed by atoms with van der Waals surface area (Å²) >= 11 is 5.89. The van der Waals surface area contributed by atoms with Crippen molar-refractivity contribution in [2.24, 2.45) is 0 Å². The lowest BCUT2D eigenvalue weighted by Crippen LogP contribution is -2.42. The summed E-state index contributed by atoms with van der Waals surface area (Å²) in [5, 5.41) is 4.15. The van der Waals surface area contributed by atoms with E-state index < -0.39 is 0 Å². The van der Waals surface area contributed by atoms with Gasteiger partial charge in [0, 0.05) is 30.5 Å². The molecule has 3 nitrogen and oxygen atoms in total. The number of anilines is 1. The maximum Gasteiger partial charge on any atom is 0.131 e. The lowest BCUT2D eigenvalue weighted by molar-refractivity contribution is 0.188. The molecule has 2 atom stereocenters. The third kappa shape index (κ3) is 2.55. The summed E-state index contributed by atoms with van der Waals surface area (Å²) in [6.07, 6.45) is 7.00. The molecule has 1 N–H and O–H groups in total. The van der Waals surface area contributed by atoms with Gasteiger partial charge in [-0.15, -0.1) is 0 Å². The summed E-state index contributed by atoms with van der Waals surface area (Å²) < 4.78 is 0. The molecule has 2 unspecified atom stereocenters. The Hall–Kier alpha value is -0.800. The summed E-state index contributed by atoms with van der Waals surface area (Å²) in [5.74, 6) is 0. The van der Waals surface area contributed by atoms with Gasteiger partial charge in [0.2, 0.25) is 0 Å². The zero-order valence-electron chi connectivity index (χ0n) is 9.90. The van der Waals surface area contributed by atoms with Crippen molar-refractivity contribution < 1.29 is 0 Å². The normalized spacial score (nSPS) is 29.0. The third-order valence-electron chi connectivity index (χ3n) is 3.92. The average molecular weight is 252 g/mol. The van der Waals surface area contributed by atoms with Crippen LogP contribution in [0.2, 0.25) is 5.15 Å². The topological polar surface area (TPSA) is 28.2 Å². The monoisotopic (exact) mass is 251 g/mol. The molecule has 2 saturated heterocycles. The highest BCUT2D eigenvalue weighted by Gasteiger charge is 2.31. The van der Waals surface area contributed by atoms with Crippen molar-refractivity contribution in [1.29, 1.82) is 0 Å². The molecule has 2 fully saturated rings. The SMILES string of the molecule is Clc1cc(NC2CCN3CCCC3C2)ccn1. The molecule has 0 spiro atoms. The minimum absolute atomic E-state index is 0.563. The molecule has 1 aromatic heterocycles. The van der Waals surface area contributed by atoms with Crippen molar-refractivity contribution in [2.45, 2.75) is 37.8 Å². The first-order valence-electron chi connectivity index (χ1n) is 6.43. The van der Waals surface area contributed by atoms with Gasteiger partial charge < -0.3 is 10.2 Å². The van der Waals surface area contributed by atoms with Crippen molar-refractivity contribution in [1.82, 2.24) is 9.88 Å². The standard InChI is InChI=1S/C13H18ClN3/c14-13-9-10(3-5-15-13)16-11-4-7-17-6-1-2-12(17)8-11/h3,5,9,11-12H,1-2,4,6-8H2,(H,15,16). The van der Waals surface area contributed by atoms with Crippen molar-refractivity contribution in [3.05, 3.63) is 23.5 Å². The average Bonchev–Trinajstić information content (AvgIpc) is 2.76. The molecule has 17 heavy (non-hydrogen) atoms. The van der Waals surface area contributed by atoms with Gasteiger partial charge >= 0.3 is 0 Å². The van der Waals surface area contributed by atoms with Crippen molar-refractivity contribution in [3.63, 3.8) is 0 Å². The molecule has 1 aromatic rings. The van der Waals surface area contributed by atoms with Crippen LogP contribution in [0.1, 0.15) is 25.7 Å². The molecule has 92 valence electrons. The number of piperidine rings is 1. The predicted molar refractivity (Wildman–Crippen MR) is 70.5 cm³/mol. The van der Waals surface area contributed by atoms with E-state index in [9.17, 15) is 0 Å². The maximum absolute atomic E-state index is 5.89. The molecule has 0 bridgehead atoms. The van der Waals surface area contributed by atoms with Crippen LogP contribution in [-0.2, 0) is 0 Å². The van der Waals surface area contributed by atoms with Crippen LogP contribution in [0, 0.1) is 0 Å². The van der Waals surface area contributed by atoms with Crippen molar-refractivity contribution in [2.75, 3.05) is 18.4 Å². The Morgan fingerprint density at radius 2 is 2.29 bits per heavy atom. The first-order valence-corrected chi connectivity index (χ1v) is 6.81. The summed E-state index contributed by atoms with van der Waals surface area (Å²) in [6, 6.07) is 5.29. The molecule has 3 rings (SSSR count). The van der Waals surface area contributed by atoms with E-state index in [4.69, 9.17) is 11.6 Å². The van der Waals surface area contributed by atoms with Gasteiger partial charge in [-0.1, -0.05) is 11.6 Å². The van der Waals surface area contributed by atoms with E-state index in [2.05, 4.69) is 15.2 Å². The van der Waals surface area contributed by atoms with Gasteiger partial charge in [-0.25, -0.2) is 4.98 Å². The first-order chi connectivity index (χ1) is 8.31. The van der Waals surface area contributed by atoms with Crippen LogP contribution in [0.4, 0.5) is 5.69 Å². The molecule has 0 radical (unpaired) electrons. The molecule has 2 aliphatic rings. The molecular formula is C13H18ClN3. The number of nitrogens with zero attached hydrogens (tertiary/aromatic N) is 2. The lowest BCUT2D eigenvalue weighted by atomic mass is 9.97. The van der Waals surface area contributed by atoms with E-state index in [1.807, 2.05) is 12.1 Å². The Morgan fingerprint density at radius 1 is 1.35 bits per heavy atom. The van der Waals surface area contributed by atoms with Crippen LogP contribution in [0.15, 0.2) is 18.3 Å². The van der Waals surface area contributed by atoms with Crippen LogP contribution in [0.5, 0.6) is 0 Å². The summed E-state index contributed by atoms with van der Waals surface area (Å²) in [4.78, 5) is 6.64. The molecule has 0 amide bonds. The molecule has 2 aliphatic heterocycles. The number of hydrogen-bond acceptors (Lipinski definition) is 3. The Morgan fingerprint density at radius 3 is 3.18 bits per heavy atom. The fourth-order valence-electron chi connectivity index (χ4n) is 3.08. The quantitative estimate of drug-likeness (QED) is 0.820. The molecule has 0 saturated carbocycles. The Labute approximate surface area is 107 Å². The number of hydrogen-bond donors (Lipinski definition) is 1. The van der Waals surface area contributed by atoms with E-state index in [1.165, 1.54) is 38.8 Å². The third-order valence-corrected chi connectivity index (χ3v) is 4.12. The number of rotatable bonds is 2. The van der Waals surface area contributed by atoms with E-state index in [-0.39, 0.29) is 0 Å². The van der Waals surface area contributed by atoms with Gasteiger partial charge in [-0.2, -0.15) is 0 Å². The molecular weight excluding hydrogens is 234 g/mol. The van der Waals surface area contributed by atoms with E-state index in [0.717, 1.165) is 11.7 Å². The zero-order valence-corrected chi connectivity index (χ0v) is 10.7. The van der Waals surface area contributed by atoms with Crippen LogP contribution < -0.4 is 5.32 Å². The highest BCUT2D eigenvalue weighted by Crippen LogP contribution is 2.28. The number of pyridine rings is 1. The van der Waals surface area contributed by atoms with Gasteiger partial charge in [0.1, 0.15) is 5.15 Å². The summed E-state index contributed by atoms with van der Waals surface area (Å²) in [6.45, 7) is 2.54. The fraction of sp³-hybridized carbons (Fsp3) is 0.615. The van der Waals surface area contributed by atoms with Crippen molar-refractivity contribution in [3.8, 4) is 0 Å². The summed E-state index contributed by atoms with van der Waals surface area (Å²) in [5.41, 5.74) is 1.10. The van der Waals surface area contributed by atoms with Gasteiger partial charge in [0.25, 0.3) is 0 Å². The highest BCUT2D eigenvalue weighted by molar-refractivity contribution is 6.29. The number of halogens is 1. The molecule has 0 aliphatic carbocycles. The van der Waals surface area contributed by atoms with Crippen LogP contribution in [0.3, 0.4) is 0 Å². The van der Waals surface area contributed by atoms with E-state index in [1.54, 1.807) is 6.20 Å². The van der Waals surface area contributed by atoms with Gasteiger partial charge in [0.05, 0.1) is 0 Å². The lowest BCUT2D eigenvalue weighted by Gasteiger charge is -2.35. The molecule has 4 heteroatoms. The van der Waals surface area contributed by atoms with Gasteiger partial charge in [0.15, 0.2) is 0 Å². The van der Waals surface area contributed by atoms with Crippen LogP contribution in [0.25, 0.3) is 0 Å². The van der Waals surface area contributed by atoms with Crippen molar-refractivity contribution >= 4 is 17.3 Å². The minimum atomic E-state index is 0.563. The second-order valence-electron chi connectivity index (χ2n) is 5.06. The Kier molecular flexibility index (Phi) is 3.21. The minimum Gasteiger partial charge on any atom is -0.382 e. The van der Waals surface area contributed by atoms with E-state index >= 15 is 0 Å². The molecule has 0 aromatic carbocycles. The van der Waals surface area contributed by atoms with Gasteiger partial charge in [-0.3, -0.25) is 0 Å². The first kappa shape index (κ1) is 11.3. The Balaban J connectivity index is 1.62. The maximum atomic E-state index is 5.89. The fourth-order valence-corrected chi connectivity index (χ4v) is 3.26. The second kappa shape index (κ2) is 4.83. The number of aromatic nitrogens is 1. The zero-order chi connectivity index (χ0) is 11.7. The highest BCUT2D eigenvalue weighted by atomic mass is 35.5. The number of nitrogens with one attached hydrogen (secondary N) is 1. The summed E-state index contributed by atoms with van der Waals surface area (Å²) in [7, 11) is 0.